The third-order valence-corrected chi connectivity index (χ3v) is 2.37. The summed E-state index contributed by atoms with van der Waals surface area (Å²) in [6, 6.07) is 5.17. The maximum atomic E-state index is 12.9. The Morgan fingerprint density at radius 1 is 1.40 bits per heavy atom. The van der Waals surface area contributed by atoms with E-state index >= 15 is 0 Å². The van der Waals surface area contributed by atoms with Crippen LogP contribution in [-0.2, 0) is 14.3 Å². The highest BCUT2D eigenvalue weighted by Crippen LogP contribution is 2.08. The molecule has 0 saturated carbocycles. The monoisotopic (exact) mass is 284 g/mol. The Balaban J connectivity index is 2.50. The fourth-order valence-electron chi connectivity index (χ4n) is 1.47. The standard InChI is InChI=1S/C13H17FN2O4/c1-13(19,8-20-2)7-15-11(17)12(18)16-10-5-3-4-9(14)6-10/h3-6,19H,7-8H2,1-2H3,(H,15,17)(H,16,18). The van der Waals surface area contributed by atoms with Gasteiger partial charge >= 0.3 is 11.8 Å². The van der Waals surface area contributed by atoms with E-state index < -0.39 is 23.2 Å². The van der Waals surface area contributed by atoms with Crippen molar-refractivity contribution in [1.82, 2.24) is 5.32 Å². The fourth-order valence-corrected chi connectivity index (χ4v) is 1.47. The summed E-state index contributed by atoms with van der Waals surface area (Å²) in [4.78, 5) is 23.1. The van der Waals surface area contributed by atoms with Crippen LogP contribution >= 0.6 is 0 Å². The quantitative estimate of drug-likeness (QED) is 0.678. The molecule has 0 radical (unpaired) electrons. The highest BCUT2D eigenvalue weighted by Gasteiger charge is 2.23. The molecule has 3 N–H and O–H groups in total. The van der Waals surface area contributed by atoms with Crippen molar-refractivity contribution in [3.05, 3.63) is 30.1 Å². The Morgan fingerprint density at radius 2 is 2.10 bits per heavy atom. The van der Waals surface area contributed by atoms with E-state index in [1.807, 2.05) is 0 Å². The van der Waals surface area contributed by atoms with Crippen LogP contribution in [0.3, 0.4) is 0 Å². The number of hydrogen-bond donors (Lipinski definition) is 3. The zero-order valence-corrected chi connectivity index (χ0v) is 11.3. The van der Waals surface area contributed by atoms with Gasteiger partial charge < -0.3 is 20.5 Å². The molecule has 1 aromatic carbocycles. The van der Waals surface area contributed by atoms with Gasteiger partial charge in [-0.15, -0.1) is 0 Å². The summed E-state index contributed by atoms with van der Waals surface area (Å²) in [5.41, 5.74) is -1.10. The average molecular weight is 284 g/mol. The Bertz CT molecular complexity index is 491. The molecule has 2 amide bonds. The van der Waals surface area contributed by atoms with E-state index in [1.165, 1.54) is 32.2 Å². The Morgan fingerprint density at radius 3 is 2.70 bits per heavy atom. The summed E-state index contributed by atoms with van der Waals surface area (Å²) >= 11 is 0. The number of nitrogens with one attached hydrogen (secondary N) is 2. The molecular formula is C13H17FN2O4. The number of rotatable bonds is 5. The third-order valence-electron chi connectivity index (χ3n) is 2.37. The van der Waals surface area contributed by atoms with E-state index in [2.05, 4.69) is 10.6 Å². The van der Waals surface area contributed by atoms with Crippen LogP contribution in [0.15, 0.2) is 24.3 Å². The average Bonchev–Trinajstić information content (AvgIpc) is 2.36. The van der Waals surface area contributed by atoms with Crippen LogP contribution < -0.4 is 10.6 Å². The van der Waals surface area contributed by atoms with Gasteiger partial charge in [-0.25, -0.2) is 4.39 Å². The SMILES string of the molecule is COCC(C)(O)CNC(=O)C(=O)Nc1cccc(F)c1. The molecule has 0 heterocycles. The number of carbonyl (C=O) groups is 2. The predicted octanol–water partition coefficient (Wildman–Crippen LogP) is 0.278. The second-order valence-electron chi connectivity index (χ2n) is 4.58. The van der Waals surface area contributed by atoms with Crippen molar-refractivity contribution in [2.75, 3.05) is 25.6 Å². The lowest BCUT2D eigenvalue weighted by Gasteiger charge is -2.22. The molecule has 7 heteroatoms. The molecule has 0 aliphatic heterocycles. The molecule has 0 aliphatic rings. The number of aliphatic hydroxyl groups is 1. The predicted molar refractivity (Wildman–Crippen MR) is 70.5 cm³/mol. The molecule has 1 rings (SSSR count). The van der Waals surface area contributed by atoms with Crippen LogP contribution in [0.1, 0.15) is 6.92 Å². The molecule has 1 aromatic rings. The molecule has 1 unspecified atom stereocenters. The van der Waals surface area contributed by atoms with Crippen LogP contribution in [0.2, 0.25) is 0 Å². The van der Waals surface area contributed by atoms with Gasteiger partial charge in [0.2, 0.25) is 0 Å². The van der Waals surface area contributed by atoms with Gasteiger partial charge in [0.25, 0.3) is 0 Å². The number of ether oxygens (including phenoxy) is 1. The Kier molecular flexibility index (Phi) is 5.60. The van der Waals surface area contributed by atoms with Gasteiger partial charge in [-0.05, 0) is 25.1 Å². The van der Waals surface area contributed by atoms with Crippen molar-refractivity contribution in [2.45, 2.75) is 12.5 Å². The lowest BCUT2D eigenvalue weighted by Crippen LogP contribution is -2.46. The van der Waals surface area contributed by atoms with Crippen molar-refractivity contribution < 1.29 is 23.8 Å². The molecule has 0 aliphatic carbocycles. The number of amides is 2. The maximum absolute atomic E-state index is 12.9. The molecule has 0 fully saturated rings. The molecule has 0 spiro atoms. The molecule has 1 atom stereocenters. The number of anilines is 1. The van der Waals surface area contributed by atoms with E-state index in [0.717, 1.165) is 6.07 Å². The summed E-state index contributed by atoms with van der Waals surface area (Å²) in [6.07, 6.45) is 0. The summed E-state index contributed by atoms with van der Waals surface area (Å²) in [5.74, 6) is -2.39. The van der Waals surface area contributed by atoms with E-state index in [4.69, 9.17) is 4.74 Å². The summed E-state index contributed by atoms with van der Waals surface area (Å²) in [5, 5.41) is 14.3. The first kappa shape index (κ1) is 16.1. The lowest BCUT2D eigenvalue weighted by atomic mass is 10.1. The van der Waals surface area contributed by atoms with E-state index in [-0.39, 0.29) is 18.8 Å². The van der Waals surface area contributed by atoms with Crippen molar-refractivity contribution in [1.29, 1.82) is 0 Å². The van der Waals surface area contributed by atoms with Crippen molar-refractivity contribution in [3.63, 3.8) is 0 Å². The fraction of sp³-hybridized carbons (Fsp3) is 0.385. The summed E-state index contributed by atoms with van der Waals surface area (Å²) in [6.45, 7) is 1.33. The lowest BCUT2D eigenvalue weighted by molar-refractivity contribution is -0.137. The number of benzene rings is 1. The summed E-state index contributed by atoms with van der Waals surface area (Å²) in [7, 11) is 1.41. The number of methoxy groups -OCH3 is 1. The van der Waals surface area contributed by atoms with Crippen LogP contribution in [0.4, 0.5) is 10.1 Å². The van der Waals surface area contributed by atoms with E-state index in [0.29, 0.717) is 0 Å². The van der Waals surface area contributed by atoms with Crippen molar-refractivity contribution in [2.24, 2.45) is 0 Å². The van der Waals surface area contributed by atoms with E-state index in [1.54, 1.807) is 0 Å². The van der Waals surface area contributed by atoms with Gasteiger partial charge in [-0.3, -0.25) is 9.59 Å². The molecule has 20 heavy (non-hydrogen) atoms. The van der Waals surface area contributed by atoms with Gasteiger partial charge in [0.05, 0.1) is 6.61 Å². The Hall–Kier alpha value is -1.99. The minimum Gasteiger partial charge on any atom is -0.386 e. The van der Waals surface area contributed by atoms with Crippen LogP contribution in [-0.4, -0.2) is 42.8 Å². The second-order valence-corrected chi connectivity index (χ2v) is 4.58. The van der Waals surface area contributed by atoms with Gasteiger partial charge in [-0.1, -0.05) is 6.07 Å². The highest BCUT2D eigenvalue weighted by molar-refractivity contribution is 6.39. The number of hydrogen-bond acceptors (Lipinski definition) is 4. The summed E-state index contributed by atoms with van der Waals surface area (Å²) < 4.78 is 17.7. The molecule has 110 valence electrons. The van der Waals surface area contributed by atoms with Crippen molar-refractivity contribution in [3.8, 4) is 0 Å². The Labute approximate surface area is 115 Å². The van der Waals surface area contributed by atoms with Crippen molar-refractivity contribution >= 4 is 17.5 Å². The molecule has 6 nitrogen and oxygen atoms in total. The first-order valence-corrected chi connectivity index (χ1v) is 5.90. The zero-order chi connectivity index (χ0) is 15.2. The highest BCUT2D eigenvalue weighted by atomic mass is 19.1. The molecule has 0 aromatic heterocycles. The molecule has 0 bridgehead atoms. The third kappa shape index (κ3) is 5.33. The largest absolute Gasteiger partial charge is 0.386 e. The van der Waals surface area contributed by atoms with E-state index in [9.17, 15) is 19.1 Å². The molecular weight excluding hydrogens is 267 g/mol. The normalized spacial score (nSPS) is 13.4. The van der Waals surface area contributed by atoms with Crippen LogP contribution in [0.25, 0.3) is 0 Å². The minimum absolute atomic E-state index is 0.0127. The van der Waals surface area contributed by atoms with Gasteiger partial charge in [0, 0.05) is 19.3 Å². The first-order valence-electron chi connectivity index (χ1n) is 5.90. The molecule has 0 saturated heterocycles. The van der Waals surface area contributed by atoms with Crippen LogP contribution in [0, 0.1) is 5.82 Å². The number of carbonyl (C=O) groups excluding carboxylic acids is 2. The minimum atomic E-state index is -1.27. The first-order chi connectivity index (χ1) is 9.34. The smallest absolute Gasteiger partial charge is 0.313 e. The van der Waals surface area contributed by atoms with Gasteiger partial charge in [0.15, 0.2) is 0 Å². The second kappa shape index (κ2) is 6.97. The topological polar surface area (TPSA) is 87.7 Å². The zero-order valence-electron chi connectivity index (χ0n) is 11.3. The van der Waals surface area contributed by atoms with Crippen LogP contribution in [0.5, 0.6) is 0 Å². The van der Waals surface area contributed by atoms with Gasteiger partial charge in [-0.2, -0.15) is 0 Å². The van der Waals surface area contributed by atoms with Gasteiger partial charge in [0.1, 0.15) is 11.4 Å². The number of halogens is 1. The maximum Gasteiger partial charge on any atom is 0.313 e.